The highest BCUT2D eigenvalue weighted by Crippen LogP contribution is 2.33. The van der Waals surface area contributed by atoms with Gasteiger partial charge in [0.25, 0.3) is 0 Å². The first kappa shape index (κ1) is 18.5. The van der Waals surface area contributed by atoms with Crippen LogP contribution in [-0.4, -0.2) is 33.7 Å². The Kier molecular flexibility index (Phi) is 5.64. The second kappa shape index (κ2) is 7.93. The van der Waals surface area contributed by atoms with Gasteiger partial charge in [0.05, 0.1) is 5.56 Å². The van der Waals surface area contributed by atoms with Crippen LogP contribution in [0.15, 0.2) is 42.7 Å². The molecular weight excluding hydrogens is 343 g/mol. The van der Waals surface area contributed by atoms with Crippen LogP contribution in [0.3, 0.4) is 0 Å². The van der Waals surface area contributed by atoms with E-state index in [0.717, 1.165) is 18.9 Å². The minimum absolute atomic E-state index is 0.00842. The van der Waals surface area contributed by atoms with Crippen molar-refractivity contribution >= 4 is 5.91 Å². The fourth-order valence-corrected chi connectivity index (χ4v) is 3.53. The number of carbonyl (C=O) groups excluding carboxylic acids is 1. The van der Waals surface area contributed by atoms with E-state index in [9.17, 15) is 18.0 Å². The van der Waals surface area contributed by atoms with Crippen molar-refractivity contribution in [2.24, 2.45) is 5.92 Å². The smallest absolute Gasteiger partial charge is 0.341 e. The number of rotatable bonds is 5. The first-order valence-electron chi connectivity index (χ1n) is 8.84. The zero-order valence-electron chi connectivity index (χ0n) is 14.5. The third kappa shape index (κ3) is 4.65. The van der Waals surface area contributed by atoms with Crippen LogP contribution in [0.5, 0.6) is 0 Å². The number of amides is 1. The number of alkyl halides is 3. The second-order valence-electron chi connectivity index (χ2n) is 6.75. The predicted octanol–water partition coefficient (Wildman–Crippen LogP) is 3.77. The van der Waals surface area contributed by atoms with E-state index in [1.54, 1.807) is 35.3 Å². The molecule has 0 aliphatic carbocycles. The van der Waals surface area contributed by atoms with Gasteiger partial charge < -0.3 is 4.90 Å². The third-order valence-electron chi connectivity index (χ3n) is 4.87. The highest BCUT2D eigenvalue weighted by Gasteiger charge is 2.33. The zero-order chi connectivity index (χ0) is 18.6. The summed E-state index contributed by atoms with van der Waals surface area (Å²) in [6.07, 6.45) is 1.91. The molecule has 26 heavy (non-hydrogen) atoms. The van der Waals surface area contributed by atoms with Crippen molar-refractivity contribution in [3.8, 4) is 0 Å². The Morgan fingerprint density at radius 2 is 2.04 bits per heavy atom. The van der Waals surface area contributed by atoms with Crippen LogP contribution in [-0.2, 0) is 23.9 Å². The molecule has 3 rings (SSSR count). The lowest BCUT2D eigenvalue weighted by atomic mass is 9.90. The number of carbonyl (C=O) groups is 1. The molecule has 7 heteroatoms. The molecule has 1 amide bonds. The summed E-state index contributed by atoms with van der Waals surface area (Å²) in [6.45, 7) is 1.51. The maximum atomic E-state index is 13.1. The fraction of sp³-hybridized carbons (Fsp3) is 0.474. The van der Waals surface area contributed by atoms with Gasteiger partial charge in [-0.05, 0) is 49.3 Å². The van der Waals surface area contributed by atoms with E-state index >= 15 is 0 Å². The number of benzene rings is 1. The summed E-state index contributed by atoms with van der Waals surface area (Å²) in [5.41, 5.74) is -0.220. The van der Waals surface area contributed by atoms with Crippen molar-refractivity contribution in [3.63, 3.8) is 0 Å². The number of likely N-dealkylation sites (tertiary alicyclic amines) is 1. The van der Waals surface area contributed by atoms with Gasteiger partial charge in [-0.2, -0.15) is 18.3 Å². The highest BCUT2D eigenvalue weighted by atomic mass is 19.4. The Balaban J connectivity index is 1.57. The SMILES string of the molecule is O=C(Cn1cccn1)N1CCC[C@H](CCc2ccccc2C(F)(F)F)C1. The summed E-state index contributed by atoms with van der Waals surface area (Å²) in [5, 5.41) is 4.04. The summed E-state index contributed by atoms with van der Waals surface area (Å²) in [5.74, 6) is 0.237. The van der Waals surface area contributed by atoms with E-state index < -0.39 is 11.7 Å². The summed E-state index contributed by atoms with van der Waals surface area (Å²) < 4.78 is 40.9. The zero-order valence-corrected chi connectivity index (χ0v) is 14.5. The molecule has 0 radical (unpaired) electrons. The monoisotopic (exact) mass is 365 g/mol. The number of halogens is 3. The van der Waals surface area contributed by atoms with E-state index in [0.29, 0.717) is 31.5 Å². The molecule has 1 fully saturated rings. The summed E-state index contributed by atoms with van der Waals surface area (Å²) >= 11 is 0. The van der Waals surface area contributed by atoms with Crippen LogP contribution in [0.25, 0.3) is 0 Å². The molecule has 2 aromatic rings. The molecule has 0 saturated carbocycles. The van der Waals surface area contributed by atoms with E-state index in [2.05, 4.69) is 5.10 Å². The van der Waals surface area contributed by atoms with Gasteiger partial charge in [0, 0.05) is 25.5 Å². The standard InChI is InChI=1S/C19H22F3N3O/c20-19(21,22)17-7-2-1-6-16(17)9-8-15-5-3-11-24(13-15)18(26)14-25-12-4-10-23-25/h1-2,4,6-7,10,12,15H,3,5,8-9,11,13-14H2/t15-/m1/s1. The maximum absolute atomic E-state index is 13.1. The van der Waals surface area contributed by atoms with Crippen LogP contribution in [0.4, 0.5) is 13.2 Å². The highest BCUT2D eigenvalue weighted by molar-refractivity contribution is 5.76. The minimum atomic E-state index is -4.32. The van der Waals surface area contributed by atoms with Crippen molar-refractivity contribution in [1.29, 1.82) is 0 Å². The summed E-state index contributed by atoms with van der Waals surface area (Å²) in [4.78, 5) is 14.2. The Hall–Kier alpha value is -2.31. The van der Waals surface area contributed by atoms with Crippen molar-refractivity contribution in [2.45, 2.75) is 38.4 Å². The van der Waals surface area contributed by atoms with E-state index in [4.69, 9.17) is 0 Å². The molecule has 2 heterocycles. The molecule has 1 aromatic heterocycles. The van der Waals surface area contributed by atoms with Gasteiger partial charge in [0.1, 0.15) is 6.54 Å². The van der Waals surface area contributed by atoms with Crippen molar-refractivity contribution in [3.05, 3.63) is 53.9 Å². The third-order valence-corrected chi connectivity index (χ3v) is 4.87. The molecule has 0 bridgehead atoms. The van der Waals surface area contributed by atoms with Crippen molar-refractivity contribution in [2.75, 3.05) is 13.1 Å². The minimum Gasteiger partial charge on any atom is -0.341 e. The van der Waals surface area contributed by atoms with Crippen LogP contribution >= 0.6 is 0 Å². The first-order chi connectivity index (χ1) is 12.4. The lowest BCUT2D eigenvalue weighted by molar-refractivity contribution is -0.138. The van der Waals surface area contributed by atoms with Gasteiger partial charge >= 0.3 is 6.18 Å². The average molecular weight is 365 g/mol. The van der Waals surface area contributed by atoms with E-state index in [1.807, 2.05) is 4.90 Å². The molecule has 4 nitrogen and oxygen atoms in total. The molecule has 140 valence electrons. The van der Waals surface area contributed by atoms with Crippen molar-refractivity contribution < 1.29 is 18.0 Å². The quantitative estimate of drug-likeness (QED) is 0.809. The van der Waals surface area contributed by atoms with Gasteiger partial charge in [-0.25, -0.2) is 0 Å². The average Bonchev–Trinajstić information content (AvgIpc) is 3.12. The second-order valence-corrected chi connectivity index (χ2v) is 6.75. The summed E-state index contributed by atoms with van der Waals surface area (Å²) in [7, 11) is 0. The number of nitrogens with zero attached hydrogens (tertiary/aromatic N) is 3. The van der Waals surface area contributed by atoms with Gasteiger partial charge in [-0.15, -0.1) is 0 Å². The van der Waals surface area contributed by atoms with Gasteiger partial charge in [-0.3, -0.25) is 9.48 Å². The molecule has 0 spiro atoms. The van der Waals surface area contributed by atoms with Crippen LogP contribution in [0.1, 0.15) is 30.4 Å². The Bertz CT molecular complexity index is 728. The Morgan fingerprint density at radius 1 is 1.23 bits per heavy atom. The molecule has 0 N–H and O–H groups in total. The molecule has 0 unspecified atom stereocenters. The van der Waals surface area contributed by atoms with Crippen LogP contribution in [0, 0.1) is 5.92 Å². The van der Waals surface area contributed by atoms with Crippen LogP contribution in [0.2, 0.25) is 0 Å². The van der Waals surface area contributed by atoms with E-state index in [-0.39, 0.29) is 18.4 Å². The maximum Gasteiger partial charge on any atom is 0.416 e. The van der Waals surface area contributed by atoms with Gasteiger partial charge in [0.2, 0.25) is 5.91 Å². The number of aryl methyl sites for hydroxylation is 1. The molecular formula is C19H22F3N3O. The predicted molar refractivity (Wildman–Crippen MR) is 91.3 cm³/mol. The number of piperidine rings is 1. The van der Waals surface area contributed by atoms with Gasteiger partial charge in [0.15, 0.2) is 0 Å². The fourth-order valence-electron chi connectivity index (χ4n) is 3.53. The number of hydrogen-bond donors (Lipinski definition) is 0. The van der Waals surface area contributed by atoms with E-state index in [1.165, 1.54) is 6.07 Å². The molecule has 1 aromatic carbocycles. The Labute approximate surface area is 150 Å². The first-order valence-corrected chi connectivity index (χ1v) is 8.84. The Morgan fingerprint density at radius 3 is 2.77 bits per heavy atom. The normalized spacial score (nSPS) is 18.1. The lowest BCUT2D eigenvalue weighted by Gasteiger charge is -2.33. The van der Waals surface area contributed by atoms with Crippen LogP contribution < -0.4 is 0 Å². The number of hydrogen-bond acceptors (Lipinski definition) is 2. The topological polar surface area (TPSA) is 38.1 Å². The van der Waals surface area contributed by atoms with Gasteiger partial charge in [-0.1, -0.05) is 18.2 Å². The number of aromatic nitrogens is 2. The summed E-state index contributed by atoms with van der Waals surface area (Å²) in [6, 6.07) is 7.51. The molecule has 1 saturated heterocycles. The molecule has 1 aliphatic rings. The molecule has 1 atom stereocenters. The van der Waals surface area contributed by atoms with Crippen molar-refractivity contribution in [1.82, 2.24) is 14.7 Å². The largest absolute Gasteiger partial charge is 0.416 e. The molecule has 1 aliphatic heterocycles. The lowest BCUT2D eigenvalue weighted by Crippen LogP contribution is -2.41.